The summed E-state index contributed by atoms with van der Waals surface area (Å²) in [5.41, 5.74) is 4.22. The van der Waals surface area contributed by atoms with Gasteiger partial charge in [-0.05, 0) is 6.92 Å². The Morgan fingerprint density at radius 3 is 2.34 bits per heavy atom. The second kappa shape index (κ2) is 9.41. The Morgan fingerprint density at radius 2 is 1.90 bits per heavy atom. The van der Waals surface area contributed by atoms with E-state index < -0.39 is 76.9 Å². The molecular formula is C13H19N5O10S. The summed E-state index contributed by atoms with van der Waals surface area (Å²) in [4.78, 5) is 58.4. The third-order valence-electron chi connectivity index (χ3n) is 3.49. The summed E-state index contributed by atoms with van der Waals surface area (Å²) in [6.45, 7) is -0.311. The van der Waals surface area contributed by atoms with Crippen LogP contribution in [0.2, 0.25) is 0 Å². The Kier molecular flexibility index (Phi) is 7.78. The molecule has 15 nitrogen and oxygen atoms in total. The number of aliphatic hydroxyl groups excluding tert-OH is 2. The first-order valence-electron chi connectivity index (χ1n) is 7.79. The van der Waals surface area contributed by atoms with Crippen molar-refractivity contribution in [3.8, 4) is 0 Å². The minimum absolute atomic E-state index is 0.0814. The van der Waals surface area contributed by atoms with E-state index in [1.54, 1.807) is 0 Å². The lowest BCUT2D eigenvalue weighted by atomic mass is 10.1. The highest BCUT2D eigenvalue weighted by Crippen LogP contribution is 2.14. The Bertz CT molecular complexity index is 854. The van der Waals surface area contributed by atoms with Crippen molar-refractivity contribution < 1.29 is 47.2 Å². The number of primary amides is 1. The van der Waals surface area contributed by atoms with E-state index in [0.29, 0.717) is 6.08 Å². The quantitative estimate of drug-likeness (QED) is 0.102. The Morgan fingerprint density at radius 1 is 1.31 bits per heavy atom. The van der Waals surface area contributed by atoms with Crippen LogP contribution in [0.5, 0.6) is 0 Å². The van der Waals surface area contributed by atoms with Crippen molar-refractivity contribution in [3.63, 3.8) is 0 Å². The molecule has 3 atom stereocenters. The predicted octanol–water partition coefficient (Wildman–Crippen LogP) is -5.54. The van der Waals surface area contributed by atoms with E-state index in [9.17, 15) is 32.4 Å². The maximum atomic E-state index is 12.2. The molecule has 162 valence electrons. The van der Waals surface area contributed by atoms with Gasteiger partial charge in [-0.3, -0.25) is 28.5 Å². The number of aliphatic hydroxyl groups is 2. The van der Waals surface area contributed by atoms with Crippen molar-refractivity contribution in [2.75, 3.05) is 13.2 Å². The van der Waals surface area contributed by atoms with Gasteiger partial charge in [0.25, 0.3) is 17.7 Å². The number of nitrogens with two attached hydrogens (primary N) is 1. The summed E-state index contributed by atoms with van der Waals surface area (Å²) in [7, 11) is -4.78. The van der Waals surface area contributed by atoms with E-state index in [0.717, 1.165) is 6.92 Å². The predicted molar refractivity (Wildman–Crippen MR) is 91.3 cm³/mol. The van der Waals surface area contributed by atoms with Crippen LogP contribution in [0.4, 0.5) is 0 Å². The van der Waals surface area contributed by atoms with Gasteiger partial charge in [0.15, 0.2) is 6.10 Å². The van der Waals surface area contributed by atoms with Gasteiger partial charge in [0.05, 0.1) is 13.2 Å². The first kappa shape index (κ1) is 24.0. The Labute approximate surface area is 163 Å². The molecule has 29 heavy (non-hydrogen) atoms. The Balaban J connectivity index is 2.79. The average molecular weight is 437 g/mol. The molecular weight excluding hydrogens is 418 g/mol. The summed E-state index contributed by atoms with van der Waals surface area (Å²) in [6.07, 6.45) is -1.28. The molecule has 0 aromatic heterocycles. The largest absolute Gasteiger partial charge is 0.393 e. The third-order valence-corrected chi connectivity index (χ3v) is 4.38. The second-order valence-electron chi connectivity index (χ2n) is 5.75. The van der Waals surface area contributed by atoms with Crippen LogP contribution >= 0.6 is 0 Å². The SMILES string of the molecule is CC(NC(=O)C(O)CO)C(=O)NC(=CC(N)=O)C(=O)NC1CN(S(=O)(=O)O)C1=O. The van der Waals surface area contributed by atoms with Crippen molar-refractivity contribution in [1.82, 2.24) is 20.3 Å². The number of hydrogen-bond acceptors (Lipinski definition) is 9. The fraction of sp³-hybridized carbons (Fsp3) is 0.462. The normalized spacial score (nSPS) is 18.9. The molecule has 1 fully saturated rings. The van der Waals surface area contributed by atoms with Gasteiger partial charge in [0.2, 0.25) is 11.8 Å². The van der Waals surface area contributed by atoms with Gasteiger partial charge in [-0.1, -0.05) is 0 Å². The molecule has 0 saturated carbocycles. The molecule has 0 radical (unpaired) electrons. The second-order valence-corrected chi connectivity index (χ2v) is 7.09. The molecule has 0 aliphatic carbocycles. The highest BCUT2D eigenvalue weighted by Gasteiger charge is 2.44. The molecule has 1 heterocycles. The van der Waals surface area contributed by atoms with Gasteiger partial charge in [0.1, 0.15) is 17.8 Å². The number of rotatable bonds is 9. The van der Waals surface area contributed by atoms with Crippen LogP contribution in [0.3, 0.4) is 0 Å². The fourth-order valence-electron chi connectivity index (χ4n) is 1.95. The Hall–Kier alpha value is -3.08. The number of hydrogen-bond donors (Lipinski definition) is 7. The lowest BCUT2D eigenvalue weighted by Gasteiger charge is -2.35. The van der Waals surface area contributed by atoms with Crippen molar-refractivity contribution in [1.29, 1.82) is 0 Å². The summed E-state index contributed by atoms with van der Waals surface area (Å²) < 4.78 is 30.6. The summed E-state index contributed by atoms with van der Waals surface area (Å²) in [5.74, 6) is -5.58. The van der Waals surface area contributed by atoms with Gasteiger partial charge in [-0.25, -0.2) is 4.31 Å². The molecule has 0 spiro atoms. The number of nitrogens with zero attached hydrogens (tertiary/aromatic N) is 1. The molecule has 0 aromatic carbocycles. The molecule has 0 aromatic rings. The molecule has 1 saturated heterocycles. The molecule has 3 unspecified atom stereocenters. The zero-order chi connectivity index (χ0) is 22.5. The lowest BCUT2D eigenvalue weighted by Crippen LogP contribution is -2.65. The first-order chi connectivity index (χ1) is 13.3. The smallest absolute Gasteiger partial charge is 0.362 e. The zero-order valence-electron chi connectivity index (χ0n) is 14.9. The van der Waals surface area contributed by atoms with E-state index in [-0.39, 0.29) is 4.31 Å². The molecule has 1 rings (SSSR count). The summed E-state index contributed by atoms with van der Waals surface area (Å²) in [6, 6.07) is -2.68. The van der Waals surface area contributed by atoms with Gasteiger partial charge >= 0.3 is 10.3 Å². The maximum absolute atomic E-state index is 12.2. The molecule has 5 amide bonds. The third kappa shape index (κ3) is 6.49. The summed E-state index contributed by atoms with van der Waals surface area (Å²) in [5, 5.41) is 23.9. The lowest BCUT2D eigenvalue weighted by molar-refractivity contribution is -0.140. The van der Waals surface area contributed by atoms with Crippen LogP contribution in [0.15, 0.2) is 11.8 Å². The van der Waals surface area contributed by atoms with E-state index in [2.05, 4.69) is 0 Å². The summed E-state index contributed by atoms with van der Waals surface area (Å²) >= 11 is 0. The highest BCUT2D eigenvalue weighted by molar-refractivity contribution is 7.84. The topological polar surface area (TPSA) is 246 Å². The van der Waals surface area contributed by atoms with E-state index in [1.165, 1.54) is 0 Å². The van der Waals surface area contributed by atoms with E-state index >= 15 is 0 Å². The molecule has 1 aliphatic heterocycles. The van der Waals surface area contributed by atoms with Gasteiger partial charge in [-0.2, -0.15) is 8.42 Å². The van der Waals surface area contributed by atoms with Crippen LogP contribution < -0.4 is 21.7 Å². The van der Waals surface area contributed by atoms with Crippen LogP contribution in [0.25, 0.3) is 0 Å². The van der Waals surface area contributed by atoms with E-state index in [4.69, 9.17) is 20.5 Å². The maximum Gasteiger partial charge on any atom is 0.362 e. The average Bonchev–Trinajstić information content (AvgIpc) is 2.61. The number of nitrogens with one attached hydrogen (secondary N) is 3. The fourth-order valence-corrected chi connectivity index (χ4v) is 2.64. The van der Waals surface area contributed by atoms with Crippen LogP contribution in [0, 0.1) is 0 Å². The van der Waals surface area contributed by atoms with Crippen LogP contribution in [-0.4, -0.2) is 88.4 Å². The van der Waals surface area contributed by atoms with Gasteiger partial charge in [0, 0.05) is 6.08 Å². The van der Waals surface area contributed by atoms with Crippen molar-refractivity contribution >= 4 is 39.8 Å². The zero-order valence-corrected chi connectivity index (χ0v) is 15.7. The van der Waals surface area contributed by atoms with E-state index in [1.807, 2.05) is 16.0 Å². The molecule has 0 bridgehead atoms. The number of carbonyl (C=O) groups is 5. The number of amides is 5. The standard InChI is InChI=1S/C13H19N5O10S/c1-5(15-12(24)8(20)4-19)10(22)16-6(2-9(14)21)11(23)17-7-3-18(13(7)25)29(26,27)28/h2,5,7-8,19-20H,3-4H2,1H3,(H2,14,21)(H,15,24)(H,16,22)(H,17,23)(H,26,27,28). The van der Waals surface area contributed by atoms with Crippen LogP contribution in [-0.2, 0) is 34.3 Å². The monoisotopic (exact) mass is 437 g/mol. The van der Waals surface area contributed by atoms with Crippen molar-refractivity contribution in [2.45, 2.75) is 25.1 Å². The minimum Gasteiger partial charge on any atom is -0.393 e. The van der Waals surface area contributed by atoms with Crippen molar-refractivity contribution in [2.24, 2.45) is 5.73 Å². The van der Waals surface area contributed by atoms with Gasteiger partial charge < -0.3 is 31.9 Å². The first-order valence-corrected chi connectivity index (χ1v) is 9.18. The number of carbonyl (C=O) groups excluding carboxylic acids is 5. The molecule has 8 N–H and O–H groups in total. The minimum atomic E-state index is -4.78. The highest BCUT2D eigenvalue weighted by atomic mass is 32.2. The van der Waals surface area contributed by atoms with Crippen LogP contribution in [0.1, 0.15) is 6.92 Å². The molecule has 1 aliphatic rings. The van der Waals surface area contributed by atoms with Gasteiger partial charge in [-0.15, -0.1) is 0 Å². The molecule has 16 heteroatoms. The number of β-lactam (4-membered cyclic amide) rings is 1. The van der Waals surface area contributed by atoms with Crippen molar-refractivity contribution in [3.05, 3.63) is 11.8 Å².